The molecule has 1 aromatic carbocycles. The van der Waals surface area contributed by atoms with E-state index in [1.54, 1.807) is 23.5 Å². The van der Waals surface area contributed by atoms with Crippen molar-refractivity contribution in [2.24, 2.45) is 0 Å². The van der Waals surface area contributed by atoms with Gasteiger partial charge in [-0.3, -0.25) is 4.79 Å². The standard InChI is InChI=1S/C17H16N2O2S/c1-11-3-6-13(7-4-11)17-19-14(10-22-17)9-18-16(20)15-8-5-12(2)21-15/h3-8,10H,9H2,1-2H3,(H,18,20). The molecule has 4 nitrogen and oxygen atoms in total. The lowest BCUT2D eigenvalue weighted by Gasteiger charge is -2.00. The molecular formula is C17H16N2O2S. The Morgan fingerprint density at radius 1 is 1.18 bits per heavy atom. The third kappa shape index (κ3) is 3.26. The lowest BCUT2D eigenvalue weighted by Crippen LogP contribution is -2.22. The SMILES string of the molecule is Cc1ccc(-c2nc(CNC(=O)c3ccc(C)o3)cs2)cc1. The highest BCUT2D eigenvalue weighted by Gasteiger charge is 2.11. The molecule has 112 valence electrons. The zero-order chi connectivity index (χ0) is 15.5. The molecule has 0 aliphatic heterocycles. The van der Waals surface area contributed by atoms with Crippen LogP contribution in [0.1, 0.15) is 27.6 Å². The number of aryl methyl sites for hydroxylation is 2. The van der Waals surface area contributed by atoms with Gasteiger partial charge in [0.15, 0.2) is 5.76 Å². The van der Waals surface area contributed by atoms with Gasteiger partial charge < -0.3 is 9.73 Å². The minimum atomic E-state index is -0.224. The first-order chi connectivity index (χ1) is 10.6. The van der Waals surface area contributed by atoms with Gasteiger partial charge in [-0.2, -0.15) is 0 Å². The molecule has 1 amide bonds. The van der Waals surface area contributed by atoms with Gasteiger partial charge in [-0.05, 0) is 26.0 Å². The lowest BCUT2D eigenvalue weighted by molar-refractivity contribution is 0.0921. The predicted octanol–water partition coefficient (Wildman–Crippen LogP) is 3.95. The first kappa shape index (κ1) is 14.5. The van der Waals surface area contributed by atoms with Crippen molar-refractivity contribution in [3.05, 3.63) is 64.6 Å². The van der Waals surface area contributed by atoms with E-state index in [0.29, 0.717) is 12.3 Å². The van der Waals surface area contributed by atoms with Crippen molar-refractivity contribution in [3.8, 4) is 10.6 Å². The molecule has 3 rings (SSSR count). The molecule has 3 aromatic rings. The van der Waals surface area contributed by atoms with Crippen LogP contribution in [0.3, 0.4) is 0 Å². The summed E-state index contributed by atoms with van der Waals surface area (Å²) in [4.78, 5) is 16.5. The van der Waals surface area contributed by atoms with Gasteiger partial charge >= 0.3 is 0 Å². The van der Waals surface area contributed by atoms with Crippen LogP contribution in [-0.4, -0.2) is 10.9 Å². The van der Waals surface area contributed by atoms with E-state index in [0.717, 1.165) is 22.0 Å². The summed E-state index contributed by atoms with van der Waals surface area (Å²) in [5.74, 6) is 0.824. The van der Waals surface area contributed by atoms with E-state index in [1.165, 1.54) is 5.56 Å². The second-order valence-corrected chi connectivity index (χ2v) is 5.96. The van der Waals surface area contributed by atoms with Crippen molar-refractivity contribution < 1.29 is 9.21 Å². The smallest absolute Gasteiger partial charge is 0.287 e. The first-order valence-electron chi connectivity index (χ1n) is 6.98. The van der Waals surface area contributed by atoms with Gasteiger partial charge in [-0.1, -0.05) is 29.8 Å². The van der Waals surface area contributed by atoms with Gasteiger partial charge in [0.25, 0.3) is 5.91 Å². The van der Waals surface area contributed by atoms with Crippen LogP contribution in [0.2, 0.25) is 0 Å². The molecule has 2 heterocycles. The van der Waals surface area contributed by atoms with Crippen LogP contribution in [0.5, 0.6) is 0 Å². The fourth-order valence-electron chi connectivity index (χ4n) is 2.03. The summed E-state index contributed by atoms with van der Waals surface area (Å²) >= 11 is 1.57. The number of carbonyl (C=O) groups excluding carboxylic acids is 1. The number of nitrogens with one attached hydrogen (secondary N) is 1. The Bertz CT molecular complexity index is 787. The summed E-state index contributed by atoms with van der Waals surface area (Å²) in [6, 6.07) is 11.7. The van der Waals surface area contributed by atoms with Gasteiger partial charge in [0.1, 0.15) is 10.8 Å². The summed E-state index contributed by atoms with van der Waals surface area (Å²) in [6.45, 7) is 4.26. The Hall–Kier alpha value is -2.40. The van der Waals surface area contributed by atoms with Gasteiger partial charge in [-0.25, -0.2) is 4.98 Å². The highest BCUT2D eigenvalue weighted by molar-refractivity contribution is 7.13. The highest BCUT2D eigenvalue weighted by Crippen LogP contribution is 2.23. The summed E-state index contributed by atoms with van der Waals surface area (Å²) < 4.78 is 5.29. The predicted molar refractivity (Wildman–Crippen MR) is 86.9 cm³/mol. The normalized spacial score (nSPS) is 10.6. The van der Waals surface area contributed by atoms with Gasteiger partial charge in [0.05, 0.1) is 12.2 Å². The Labute approximate surface area is 132 Å². The fourth-order valence-corrected chi connectivity index (χ4v) is 2.86. The van der Waals surface area contributed by atoms with E-state index < -0.39 is 0 Å². The third-order valence-corrected chi connectivity index (χ3v) is 4.18. The molecule has 0 bridgehead atoms. The molecule has 0 fully saturated rings. The largest absolute Gasteiger partial charge is 0.456 e. The van der Waals surface area contributed by atoms with Crippen LogP contribution < -0.4 is 5.32 Å². The second kappa shape index (κ2) is 6.15. The maximum absolute atomic E-state index is 11.9. The van der Waals surface area contributed by atoms with Crippen molar-refractivity contribution in [2.75, 3.05) is 0 Å². The summed E-state index contributed by atoms with van der Waals surface area (Å²) in [5.41, 5.74) is 3.16. The molecule has 0 unspecified atom stereocenters. The number of rotatable bonds is 4. The fraction of sp³-hybridized carbons (Fsp3) is 0.176. The van der Waals surface area contributed by atoms with E-state index in [9.17, 15) is 4.79 Å². The molecule has 0 spiro atoms. The van der Waals surface area contributed by atoms with Crippen molar-refractivity contribution >= 4 is 17.2 Å². The average Bonchev–Trinajstić information content (AvgIpc) is 3.15. The molecule has 0 radical (unpaired) electrons. The Morgan fingerprint density at radius 2 is 1.95 bits per heavy atom. The van der Waals surface area contributed by atoms with Crippen molar-refractivity contribution in [1.29, 1.82) is 0 Å². The Kier molecular flexibility index (Phi) is 4.06. The number of hydrogen-bond acceptors (Lipinski definition) is 4. The summed E-state index contributed by atoms with van der Waals surface area (Å²) in [5, 5.41) is 5.73. The zero-order valence-corrected chi connectivity index (χ0v) is 13.2. The molecule has 22 heavy (non-hydrogen) atoms. The lowest BCUT2D eigenvalue weighted by atomic mass is 10.2. The molecule has 0 saturated carbocycles. The topological polar surface area (TPSA) is 55.1 Å². The van der Waals surface area contributed by atoms with Crippen LogP contribution in [0.15, 0.2) is 46.2 Å². The minimum Gasteiger partial charge on any atom is -0.456 e. The van der Waals surface area contributed by atoms with Crippen LogP contribution in [0.4, 0.5) is 0 Å². The van der Waals surface area contributed by atoms with Crippen LogP contribution in [0, 0.1) is 13.8 Å². The van der Waals surface area contributed by atoms with E-state index in [1.807, 2.05) is 12.3 Å². The molecule has 2 aromatic heterocycles. The molecule has 0 saturated heterocycles. The van der Waals surface area contributed by atoms with E-state index in [2.05, 4.69) is 41.5 Å². The van der Waals surface area contributed by atoms with Gasteiger partial charge in [0.2, 0.25) is 0 Å². The number of furan rings is 1. The first-order valence-corrected chi connectivity index (χ1v) is 7.86. The number of nitrogens with zero attached hydrogens (tertiary/aromatic N) is 1. The molecule has 0 aliphatic carbocycles. The second-order valence-electron chi connectivity index (χ2n) is 5.10. The molecule has 0 atom stereocenters. The minimum absolute atomic E-state index is 0.224. The van der Waals surface area contributed by atoms with Crippen molar-refractivity contribution in [2.45, 2.75) is 20.4 Å². The van der Waals surface area contributed by atoms with E-state index in [4.69, 9.17) is 4.42 Å². The summed E-state index contributed by atoms with van der Waals surface area (Å²) in [7, 11) is 0. The Morgan fingerprint density at radius 3 is 2.64 bits per heavy atom. The average molecular weight is 312 g/mol. The third-order valence-electron chi connectivity index (χ3n) is 3.24. The molecule has 5 heteroatoms. The number of hydrogen-bond donors (Lipinski definition) is 1. The number of carbonyl (C=O) groups is 1. The Balaban J connectivity index is 1.64. The molecule has 0 aliphatic rings. The van der Waals surface area contributed by atoms with E-state index >= 15 is 0 Å². The van der Waals surface area contributed by atoms with Crippen molar-refractivity contribution in [1.82, 2.24) is 10.3 Å². The number of amides is 1. The zero-order valence-electron chi connectivity index (χ0n) is 12.4. The molecule has 1 N–H and O–H groups in total. The maximum Gasteiger partial charge on any atom is 0.287 e. The van der Waals surface area contributed by atoms with Crippen LogP contribution in [-0.2, 0) is 6.54 Å². The van der Waals surface area contributed by atoms with E-state index in [-0.39, 0.29) is 5.91 Å². The van der Waals surface area contributed by atoms with Crippen molar-refractivity contribution in [3.63, 3.8) is 0 Å². The van der Waals surface area contributed by atoms with Crippen LogP contribution in [0.25, 0.3) is 10.6 Å². The number of benzene rings is 1. The van der Waals surface area contributed by atoms with Gasteiger partial charge in [0, 0.05) is 10.9 Å². The number of aromatic nitrogens is 1. The van der Waals surface area contributed by atoms with Gasteiger partial charge in [-0.15, -0.1) is 11.3 Å². The van der Waals surface area contributed by atoms with Crippen LogP contribution >= 0.6 is 11.3 Å². The quantitative estimate of drug-likeness (QED) is 0.793. The highest BCUT2D eigenvalue weighted by atomic mass is 32.1. The number of thiazole rings is 1. The summed E-state index contributed by atoms with van der Waals surface area (Å²) in [6.07, 6.45) is 0. The maximum atomic E-state index is 11.9. The molecular weight excluding hydrogens is 296 g/mol. The monoisotopic (exact) mass is 312 g/mol.